The van der Waals surface area contributed by atoms with Gasteiger partial charge in [0.05, 0.1) is 24.5 Å². The van der Waals surface area contributed by atoms with E-state index in [4.69, 9.17) is 11.6 Å². The van der Waals surface area contributed by atoms with Crippen LogP contribution in [0.1, 0.15) is 23.2 Å². The van der Waals surface area contributed by atoms with Crippen molar-refractivity contribution in [2.24, 2.45) is 0 Å². The van der Waals surface area contributed by atoms with Crippen molar-refractivity contribution >= 4 is 34.7 Å². The van der Waals surface area contributed by atoms with Crippen molar-refractivity contribution in [1.29, 1.82) is 0 Å². The van der Waals surface area contributed by atoms with E-state index >= 15 is 0 Å². The van der Waals surface area contributed by atoms with E-state index in [0.717, 1.165) is 6.42 Å². The molecule has 198 valence electrons. The van der Waals surface area contributed by atoms with E-state index in [1.807, 2.05) is 0 Å². The smallest absolute Gasteiger partial charge is 0.387 e. The first-order valence-electron chi connectivity index (χ1n) is 11.7. The quantitative estimate of drug-likeness (QED) is 0.348. The number of nitrogens with zero attached hydrogens (tertiary/aromatic N) is 6. The molecule has 2 amide bonds. The maximum atomic E-state index is 13.2. The minimum absolute atomic E-state index is 0.0638. The Balaban J connectivity index is 1.52. The van der Waals surface area contributed by atoms with Crippen molar-refractivity contribution in [3.05, 3.63) is 59.6 Å². The molecule has 0 bridgehead atoms. The number of anilines is 1. The number of alkyl halides is 2. The van der Waals surface area contributed by atoms with Gasteiger partial charge in [-0.2, -0.15) is 19.0 Å². The van der Waals surface area contributed by atoms with Crippen LogP contribution in [-0.2, 0) is 11.3 Å². The number of nitrogens with one attached hydrogen (secondary N) is 1. The highest BCUT2D eigenvalue weighted by atomic mass is 35.5. The zero-order valence-electron chi connectivity index (χ0n) is 19.8. The molecule has 1 aromatic carbocycles. The van der Waals surface area contributed by atoms with Crippen molar-refractivity contribution in [3.63, 3.8) is 0 Å². The van der Waals surface area contributed by atoms with Gasteiger partial charge < -0.3 is 20.1 Å². The molecular formula is C24H22ClF2N7O4. The van der Waals surface area contributed by atoms with Crippen LogP contribution in [0.25, 0.3) is 16.9 Å². The van der Waals surface area contributed by atoms with Gasteiger partial charge in [0.2, 0.25) is 5.91 Å². The van der Waals surface area contributed by atoms with Gasteiger partial charge in [0, 0.05) is 35.7 Å². The minimum Gasteiger partial charge on any atom is -0.434 e. The second-order valence-corrected chi connectivity index (χ2v) is 9.01. The molecule has 4 heterocycles. The molecule has 3 aromatic heterocycles. The first-order valence-corrected chi connectivity index (χ1v) is 12.0. The molecular weight excluding hydrogens is 524 g/mol. The van der Waals surface area contributed by atoms with E-state index in [9.17, 15) is 23.5 Å². The topological polar surface area (TPSA) is 127 Å². The molecule has 0 aliphatic carbocycles. The Bertz CT molecular complexity index is 1490. The van der Waals surface area contributed by atoms with Crippen molar-refractivity contribution in [2.45, 2.75) is 32.0 Å². The maximum Gasteiger partial charge on any atom is 0.387 e. The Kier molecular flexibility index (Phi) is 7.20. The average Bonchev–Trinajstić information content (AvgIpc) is 3.63. The summed E-state index contributed by atoms with van der Waals surface area (Å²) < 4.78 is 33.7. The minimum atomic E-state index is -3.12. The summed E-state index contributed by atoms with van der Waals surface area (Å²) in [6.07, 6.45) is 7.37. The second-order valence-electron chi connectivity index (χ2n) is 8.57. The van der Waals surface area contributed by atoms with Crippen LogP contribution < -0.4 is 10.1 Å². The molecule has 2 N–H and O–H groups in total. The van der Waals surface area contributed by atoms with Crippen LogP contribution in [0.5, 0.6) is 5.75 Å². The highest BCUT2D eigenvalue weighted by Crippen LogP contribution is 2.37. The molecule has 11 nitrogen and oxygen atoms in total. The maximum absolute atomic E-state index is 13.2. The normalized spacial score (nSPS) is 15.4. The Morgan fingerprint density at radius 1 is 1.32 bits per heavy atom. The number of aliphatic hydroxyl groups excluding tert-OH is 1. The number of hydrogen-bond acceptors (Lipinski definition) is 7. The fraction of sp³-hybridized carbons (Fsp3) is 0.292. The number of carbonyl (C=O) groups is 2. The van der Waals surface area contributed by atoms with Crippen LogP contribution in [0.15, 0.2) is 49.1 Å². The standard InChI is InChI=1S/C24H22ClF2N7O4/c25-14-4-5-19(38-24(26)27)16(9-14)21-18(30-23(37)17-10-29-34-8-2-6-28-22(17)34)11-32(31-21)12-20(36)33-7-1-3-15(33)13-35/h2,4-6,8-11,15,24,35H,1,3,7,12-13H2,(H,30,37)/t15-/m0/s1. The van der Waals surface area contributed by atoms with Crippen molar-refractivity contribution < 1.29 is 28.2 Å². The monoisotopic (exact) mass is 545 g/mol. The van der Waals surface area contributed by atoms with Gasteiger partial charge in [0.1, 0.15) is 23.6 Å². The number of ether oxygens (including phenoxy) is 1. The van der Waals surface area contributed by atoms with Crippen LogP contribution in [0.3, 0.4) is 0 Å². The van der Waals surface area contributed by atoms with Gasteiger partial charge >= 0.3 is 6.61 Å². The third kappa shape index (κ3) is 5.15. The third-order valence-corrected chi connectivity index (χ3v) is 6.39. The molecule has 1 fully saturated rings. The molecule has 0 spiro atoms. The van der Waals surface area contributed by atoms with Gasteiger partial charge in [-0.3, -0.25) is 14.3 Å². The summed E-state index contributed by atoms with van der Waals surface area (Å²) >= 11 is 6.15. The van der Waals surface area contributed by atoms with Crippen LogP contribution in [0.4, 0.5) is 14.5 Å². The summed E-state index contributed by atoms with van der Waals surface area (Å²) in [5.41, 5.74) is 0.751. The second kappa shape index (κ2) is 10.7. The van der Waals surface area contributed by atoms with Gasteiger partial charge in [-0.25, -0.2) is 9.50 Å². The largest absolute Gasteiger partial charge is 0.434 e. The van der Waals surface area contributed by atoms with E-state index in [2.05, 4.69) is 25.2 Å². The Hall–Kier alpha value is -4.10. The lowest BCUT2D eigenvalue weighted by atomic mass is 10.1. The molecule has 1 aliphatic heterocycles. The number of rotatable bonds is 8. The van der Waals surface area contributed by atoms with Crippen molar-refractivity contribution in [1.82, 2.24) is 29.3 Å². The number of carbonyl (C=O) groups excluding carboxylic acids is 2. The van der Waals surface area contributed by atoms with Crippen molar-refractivity contribution in [3.8, 4) is 17.0 Å². The SMILES string of the molecule is O=C(Nc1cn(CC(=O)N2CCC[C@H]2CO)nc1-c1cc(Cl)ccc1OC(F)F)c1cnn2cccnc12. The summed E-state index contributed by atoms with van der Waals surface area (Å²) in [5.74, 6) is -1.08. The van der Waals surface area contributed by atoms with Gasteiger partial charge in [-0.15, -0.1) is 0 Å². The summed E-state index contributed by atoms with van der Waals surface area (Å²) in [6.45, 7) is -2.97. The van der Waals surface area contributed by atoms with E-state index in [1.165, 1.54) is 46.0 Å². The molecule has 1 aliphatic rings. The average molecular weight is 546 g/mol. The van der Waals surface area contributed by atoms with E-state index in [-0.39, 0.29) is 58.4 Å². The Morgan fingerprint density at radius 3 is 2.95 bits per heavy atom. The van der Waals surface area contributed by atoms with Gasteiger partial charge in [0.25, 0.3) is 5.91 Å². The van der Waals surface area contributed by atoms with Gasteiger partial charge in [-0.1, -0.05) is 11.6 Å². The third-order valence-electron chi connectivity index (χ3n) is 6.15. The van der Waals surface area contributed by atoms with Crippen LogP contribution >= 0.6 is 11.6 Å². The van der Waals surface area contributed by atoms with Crippen LogP contribution in [-0.4, -0.2) is 72.0 Å². The molecule has 0 saturated carbocycles. The van der Waals surface area contributed by atoms with Crippen molar-refractivity contribution in [2.75, 3.05) is 18.5 Å². The molecule has 0 radical (unpaired) electrons. The fourth-order valence-corrected chi connectivity index (χ4v) is 4.61. The molecule has 38 heavy (non-hydrogen) atoms. The number of benzene rings is 1. The number of halogens is 3. The Labute approximate surface area is 219 Å². The summed E-state index contributed by atoms with van der Waals surface area (Å²) in [5, 5.41) is 21.0. The number of hydrogen-bond donors (Lipinski definition) is 2. The van der Waals surface area contributed by atoms with Gasteiger partial charge in [-0.05, 0) is 37.1 Å². The lowest BCUT2D eigenvalue weighted by Crippen LogP contribution is -2.39. The number of aromatic nitrogens is 5. The first kappa shape index (κ1) is 25.5. The molecule has 1 saturated heterocycles. The molecule has 5 rings (SSSR count). The van der Waals surface area contributed by atoms with E-state index < -0.39 is 12.5 Å². The van der Waals surface area contributed by atoms with Crippen LogP contribution in [0, 0.1) is 0 Å². The predicted octanol–water partition coefficient (Wildman–Crippen LogP) is 3.08. The van der Waals surface area contributed by atoms with E-state index in [1.54, 1.807) is 17.2 Å². The lowest BCUT2D eigenvalue weighted by Gasteiger charge is -2.22. The zero-order chi connectivity index (χ0) is 26.8. The fourth-order valence-electron chi connectivity index (χ4n) is 4.44. The number of amides is 2. The highest BCUT2D eigenvalue weighted by molar-refractivity contribution is 6.31. The summed E-state index contributed by atoms with van der Waals surface area (Å²) in [4.78, 5) is 31.9. The van der Waals surface area contributed by atoms with Gasteiger partial charge in [0.15, 0.2) is 5.65 Å². The molecule has 14 heteroatoms. The number of fused-ring (bicyclic) bond motifs is 1. The highest BCUT2D eigenvalue weighted by Gasteiger charge is 2.29. The van der Waals surface area contributed by atoms with Crippen LogP contribution in [0.2, 0.25) is 5.02 Å². The zero-order valence-corrected chi connectivity index (χ0v) is 20.6. The molecule has 1 atom stereocenters. The molecule has 0 unspecified atom stereocenters. The first-order chi connectivity index (χ1) is 18.3. The summed E-state index contributed by atoms with van der Waals surface area (Å²) in [6, 6.07) is 5.41. The lowest BCUT2D eigenvalue weighted by molar-refractivity contribution is -0.133. The predicted molar refractivity (Wildman–Crippen MR) is 132 cm³/mol. The number of aliphatic hydroxyl groups is 1. The summed E-state index contributed by atoms with van der Waals surface area (Å²) in [7, 11) is 0. The number of likely N-dealkylation sites (tertiary alicyclic amines) is 1. The Morgan fingerprint density at radius 2 is 2.16 bits per heavy atom. The van der Waals surface area contributed by atoms with E-state index in [0.29, 0.717) is 18.6 Å². The molecule has 4 aromatic rings.